The van der Waals surface area contributed by atoms with Gasteiger partial charge >= 0.3 is 0 Å². The van der Waals surface area contributed by atoms with Crippen LogP contribution in [0.4, 0.5) is 5.69 Å². The van der Waals surface area contributed by atoms with E-state index < -0.39 is 0 Å². The predicted octanol–water partition coefficient (Wildman–Crippen LogP) is 4.08. The first-order valence-corrected chi connectivity index (χ1v) is 8.19. The molecule has 1 amide bonds. The van der Waals surface area contributed by atoms with Crippen LogP contribution in [0.2, 0.25) is 0 Å². The van der Waals surface area contributed by atoms with Crippen molar-refractivity contribution in [2.75, 3.05) is 25.0 Å². The molecule has 1 aromatic carbocycles. The van der Waals surface area contributed by atoms with Crippen LogP contribution in [-0.4, -0.2) is 30.4 Å². The summed E-state index contributed by atoms with van der Waals surface area (Å²) in [6.45, 7) is 11.2. The maximum Gasteiger partial charge on any atom is 0.255 e. The van der Waals surface area contributed by atoms with Crippen molar-refractivity contribution in [2.45, 2.75) is 47.0 Å². The molecule has 1 heterocycles. The van der Waals surface area contributed by atoms with Crippen LogP contribution in [0, 0.1) is 12.3 Å². The maximum atomic E-state index is 12.9. The van der Waals surface area contributed by atoms with Crippen molar-refractivity contribution < 1.29 is 4.79 Å². The molecule has 0 radical (unpaired) electrons. The summed E-state index contributed by atoms with van der Waals surface area (Å²) in [5.41, 5.74) is 3.24. The summed E-state index contributed by atoms with van der Waals surface area (Å²) in [5, 5.41) is 3.31. The first-order chi connectivity index (χ1) is 10.0. The van der Waals surface area contributed by atoms with Crippen molar-refractivity contribution in [3.05, 3.63) is 29.3 Å². The Bertz CT molecular complexity index is 506. The quantitative estimate of drug-likeness (QED) is 0.885. The highest BCUT2D eigenvalue weighted by atomic mass is 16.2. The number of nitrogens with one attached hydrogen (secondary N) is 1. The van der Waals surface area contributed by atoms with Crippen molar-refractivity contribution in [1.29, 1.82) is 0 Å². The smallest absolute Gasteiger partial charge is 0.255 e. The van der Waals surface area contributed by atoms with Crippen LogP contribution in [0.15, 0.2) is 18.2 Å². The van der Waals surface area contributed by atoms with E-state index in [2.05, 4.69) is 32.2 Å². The fraction of sp³-hybridized carbons (Fsp3) is 0.611. The van der Waals surface area contributed by atoms with Gasteiger partial charge in [-0.25, -0.2) is 0 Å². The molecule has 1 saturated heterocycles. The lowest BCUT2D eigenvalue weighted by Crippen LogP contribution is -2.32. The zero-order valence-corrected chi connectivity index (χ0v) is 13.8. The minimum Gasteiger partial charge on any atom is -0.385 e. The number of benzene rings is 1. The molecule has 0 bridgehead atoms. The van der Waals surface area contributed by atoms with Crippen LogP contribution >= 0.6 is 0 Å². The van der Waals surface area contributed by atoms with Gasteiger partial charge in [-0.3, -0.25) is 4.79 Å². The van der Waals surface area contributed by atoms with Crippen LogP contribution in [0.3, 0.4) is 0 Å². The number of carbonyl (C=O) groups excluding carboxylic acids is 1. The van der Waals surface area contributed by atoms with Gasteiger partial charge in [0, 0.05) is 25.3 Å². The molecule has 1 N–H and O–H groups in total. The van der Waals surface area contributed by atoms with Gasteiger partial charge in [-0.2, -0.15) is 0 Å². The van der Waals surface area contributed by atoms with E-state index in [1.165, 1.54) is 0 Å². The molecular weight excluding hydrogens is 260 g/mol. The van der Waals surface area contributed by atoms with E-state index >= 15 is 0 Å². The first kappa shape index (κ1) is 15.9. The molecule has 1 aliphatic heterocycles. The Labute approximate surface area is 128 Å². The number of likely N-dealkylation sites (tertiary alicyclic amines) is 1. The lowest BCUT2D eigenvalue weighted by atomic mass is 9.82. The van der Waals surface area contributed by atoms with Gasteiger partial charge in [0.15, 0.2) is 0 Å². The van der Waals surface area contributed by atoms with Crippen LogP contribution in [0.1, 0.15) is 56.0 Å². The van der Waals surface area contributed by atoms with Gasteiger partial charge in [-0.05, 0) is 50.7 Å². The first-order valence-electron chi connectivity index (χ1n) is 8.19. The lowest BCUT2D eigenvalue weighted by Gasteiger charge is -2.26. The summed E-state index contributed by atoms with van der Waals surface area (Å²) < 4.78 is 0. The number of anilines is 1. The van der Waals surface area contributed by atoms with E-state index in [0.717, 1.165) is 55.7 Å². The van der Waals surface area contributed by atoms with E-state index in [9.17, 15) is 4.79 Å². The summed E-state index contributed by atoms with van der Waals surface area (Å²) in [6, 6.07) is 6.09. The van der Waals surface area contributed by atoms with E-state index in [1.54, 1.807) is 0 Å². The third-order valence-corrected chi connectivity index (χ3v) is 5.00. The van der Waals surface area contributed by atoms with Crippen molar-refractivity contribution >= 4 is 11.6 Å². The SMILES string of the molecule is CCNc1ccc(C)cc1C(=O)N1CCC(CC)(CC)C1. The largest absolute Gasteiger partial charge is 0.385 e. The number of aryl methyl sites for hydroxylation is 1. The third-order valence-electron chi connectivity index (χ3n) is 5.00. The summed E-state index contributed by atoms with van der Waals surface area (Å²) in [6.07, 6.45) is 3.44. The van der Waals surface area contributed by atoms with Crippen molar-refractivity contribution in [3.63, 3.8) is 0 Å². The second-order valence-electron chi connectivity index (χ2n) is 6.26. The molecule has 0 atom stereocenters. The molecule has 1 aliphatic rings. The second kappa shape index (κ2) is 6.50. The Hall–Kier alpha value is -1.51. The van der Waals surface area contributed by atoms with Crippen molar-refractivity contribution in [3.8, 4) is 0 Å². The standard InChI is InChI=1S/C18H28N2O/c1-5-18(6-2)10-11-20(13-18)17(21)15-12-14(4)8-9-16(15)19-7-3/h8-9,12,19H,5-7,10-11,13H2,1-4H3. The number of nitrogens with zero attached hydrogens (tertiary/aromatic N) is 1. The molecule has 3 heteroatoms. The zero-order chi connectivity index (χ0) is 15.5. The van der Waals surface area contributed by atoms with Gasteiger partial charge < -0.3 is 10.2 Å². The number of hydrogen-bond donors (Lipinski definition) is 1. The van der Waals surface area contributed by atoms with Gasteiger partial charge in [0.05, 0.1) is 5.56 Å². The van der Waals surface area contributed by atoms with Crippen molar-refractivity contribution in [1.82, 2.24) is 4.90 Å². The summed E-state index contributed by atoms with van der Waals surface area (Å²) in [7, 11) is 0. The summed E-state index contributed by atoms with van der Waals surface area (Å²) >= 11 is 0. The number of amides is 1. The molecule has 0 spiro atoms. The van der Waals surface area contributed by atoms with Crippen LogP contribution in [-0.2, 0) is 0 Å². The number of carbonyl (C=O) groups is 1. The molecular formula is C18H28N2O. The normalized spacial score (nSPS) is 17.0. The second-order valence-corrected chi connectivity index (χ2v) is 6.26. The molecule has 0 aromatic heterocycles. The fourth-order valence-corrected chi connectivity index (χ4v) is 3.29. The summed E-state index contributed by atoms with van der Waals surface area (Å²) in [4.78, 5) is 14.9. The summed E-state index contributed by atoms with van der Waals surface area (Å²) in [5.74, 6) is 0.179. The molecule has 3 nitrogen and oxygen atoms in total. The van der Waals surface area contributed by atoms with Crippen molar-refractivity contribution in [2.24, 2.45) is 5.41 Å². The molecule has 116 valence electrons. The lowest BCUT2D eigenvalue weighted by molar-refractivity contribution is 0.0770. The molecule has 0 saturated carbocycles. The zero-order valence-electron chi connectivity index (χ0n) is 13.8. The highest BCUT2D eigenvalue weighted by Gasteiger charge is 2.37. The average molecular weight is 288 g/mol. The highest BCUT2D eigenvalue weighted by molar-refractivity contribution is 6.00. The topological polar surface area (TPSA) is 32.3 Å². The molecule has 0 unspecified atom stereocenters. The minimum atomic E-state index is 0.179. The Balaban J connectivity index is 2.23. The Morgan fingerprint density at radius 3 is 2.57 bits per heavy atom. The maximum absolute atomic E-state index is 12.9. The Morgan fingerprint density at radius 1 is 1.29 bits per heavy atom. The molecule has 1 fully saturated rings. The Morgan fingerprint density at radius 2 is 2.00 bits per heavy atom. The fourth-order valence-electron chi connectivity index (χ4n) is 3.29. The highest BCUT2D eigenvalue weighted by Crippen LogP contribution is 2.38. The van der Waals surface area contributed by atoms with Crippen LogP contribution < -0.4 is 5.32 Å². The van der Waals surface area contributed by atoms with Gasteiger partial charge in [0.1, 0.15) is 0 Å². The molecule has 21 heavy (non-hydrogen) atoms. The third kappa shape index (κ3) is 3.22. The van der Waals surface area contributed by atoms with E-state index in [0.29, 0.717) is 5.41 Å². The van der Waals surface area contributed by atoms with E-state index in [-0.39, 0.29) is 5.91 Å². The van der Waals surface area contributed by atoms with Gasteiger partial charge in [0.2, 0.25) is 0 Å². The van der Waals surface area contributed by atoms with Gasteiger partial charge in [0.25, 0.3) is 5.91 Å². The monoisotopic (exact) mass is 288 g/mol. The molecule has 1 aromatic rings. The van der Waals surface area contributed by atoms with E-state index in [1.807, 2.05) is 24.0 Å². The van der Waals surface area contributed by atoms with Crippen LogP contribution in [0.25, 0.3) is 0 Å². The molecule has 0 aliphatic carbocycles. The van der Waals surface area contributed by atoms with Gasteiger partial charge in [-0.1, -0.05) is 25.5 Å². The Kier molecular flexibility index (Phi) is 4.92. The number of hydrogen-bond acceptors (Lipinski definition) is 2. The van der Waals surface area contributed by atoms with Gasteiger partial charge in [-0.15, -0.1) is 0 Å². The van der Waals surface area contributed by atoms with Crippen LogP contribution in [0.5, 0.6) is 0 Å². The predicted molar refractivity (Wildman–Crippen MR) is 88.9 cm³/mol. The number of rotatable bonds is 5. The average Bonchev–Trinajstić information content (AvgIpc) is 2.94. The molecule has 2 rings (SSSR count). The minimum absolute atomic E-state index is 0.179. The van der Waals surface area contributed by atoms with E-state index in [4.69, 9.17) is 0 Å².